The number of ether oxygens (including phenoxy) is 1. The zero-order valence-electron chi connectivity index (χ0n) is 11.9. The summed E-state index contributed by atoms with van der Waals surface area (Å²) in [6.45, 7) is 6.13. The lowest BCUT2D eigenvalue weighted by Crippen LogP contribution is -2.30. The van der Waals surface area contributed by atoms with Gasteiger partial charge in [0.25, 0.3) is 5.91 Å². The van der Waals surface area contributed by atoms with Gasteiger partial charge >= 0.3 is 0 Å². The fraction of sp³-hybridized carbons (Fsp3) is 0.571. The maximum atomic E-state index is 12.1. The Bertz CT molecular complexity index is 396. The van der Waals surface area contributed by atoms with Crippen LogP contribution in [0.1, 0.15) is 30.6 Å². The van der Waals surface area contributed by atoms with Gasteiger partial charge in [-0.3, -0.25) is 4.79 Å². The molecule has 106 valence electrons. The third-order valence-corrected chi connectivity index (χ3v) is 2.66. The van der Waals surface area contributed by atoms with Crippen LogP contribution in [0.5, 0.6) is 0 Å². The summed E-state index contributed by atoms with van der Waals surface area (Å²) in [6, 6.07) is 3.55. The van der Waals surface area contributed by atoms with Crippen LogP contribution in [0.2, 0.25) is 0 Å². The van der Waals surface area contributed by atoms with Crippen molar-refractivity contribution in [1.29, 1.82) is 0 Å². The van der Waals surface area contributed by atoms with Crippen LogP contribution in [-0.4, -0.2) is 37.7 Å². The predicted molar refractivity (Wildman–Crippen MR) is 76.4 cm³/mol. The Morgan fingerprint density at radius 3 is 3.00 bits per heavy atom. The summed E-state index contributed by atoms with van der Waals surface area (Å²) in [7, 11) is 1.66. The molecule has 1 aromatic heterocycles. The molecule has 0 aliphatic carbocycles. The SMILES string of the molecule is CCCNc1ncccc1C(=O)NCC(C)COC. The number of rotatable bonds is 8. The molecule has 0 spiro atoms. The average Bonchev–Trinajstić information content (AvgIpc) is 2.43. The first kappa shape index (κ1) is 15.4. The molecule has 5 nitrogen and oxygen atoms in total. The van der Waals surface area contributed by atoms with Gasteiger partial charge in [0.1, 0.15) is 5.82 Å². The summed E-state index contributed by atoms with van der Waals surface area (Å²) >= 11 is 0. The molecule has 0 aromatic carbocycles. The van der Waals surface area contributed by atoms with Crippen molar-refractivity contribution in [3.8, 4) is 0 Å². The molecule has 1 atom stereocenters. The van der Waals surface area contributed by atoms with E-state index >= 15 is 0 Å². The zero-order valence-corrected chi connectivity index (χ0v) is 11.9. The van der Waals surface area contributed by atoms with Crippen molar-refractivity contribution >= 4 is 11.7 Å². The van der Waals surface area contributed by atoms with Gasteiger partial charge in [0, 0.05) is 26.4 Å². The summed E-state index contributed by atoms with van der Waals surface area (Å²) in [6.07, 6.45) is 2.67. The molecule has 5 heteroatoms. The molecule has 0 aliphatic rings. The van der Waals surface area contributed by atoms with Crippen molar-refractivity contribution in [3.05, 3.63) is 23.9 Å². The van der Waals surface area contributed by atoms with Crippen molar-refractivity contribution in [3.63, 3.8) is 0 Å². The van der Waals surface area contributed by atoms with Crippen LogP contribution in [0.4, 0.5) is 5.82 Å². The molecule has 1 rings (SSSR count). The van der Waals surface area contributed by atoms with Crippen LogP contribution in [0.3, 0.4) is 0 Å². The van der Waals surface area contributed by atoms with Gasteiger partial charge in [0.05, 0.1) is 12.2 Å². The molecule has 0 aliphatic heterocycles. The molecule has 0 saturated carbocycles. The third kappa shape index (κ3) is 5.26. The largest absolute Gasteiger partial charge is 0.384 e. The molecule has 1 heterocycles. The molecule has 2 N–H and O–H groups in total. The molecular weight excluding hydrogens is 242 g/mol. The van der Waals surface area contributed by atoms with Crippen LogP contribution in [0.15, 0.2) is 18.3 Å². The van der Waals surface area contributed by atoms with Gasteiger partial charge in [0.15, 0.2) is 0 Å². The van der Waals surface area contributed by atoms with E-state index in [0.717, 1.165) is 13.0 Å². The summed E-state index contributed by atoms with van der Waals surface area (Å²) < 4.78 is 5.04. The van der Waals surface area contributed by atoms with Gasteiger partial charge in [-0.15, -0.1) is 0 Å². The Balaban J connectivity index is 2.60. The highest BCUT2D eigenvalue weighted by Gasteiger charge is 2.12. The van der Waals surface area contributed by atoms with E-state index in [4.69, 9.17) is 4.74 Å². The molecule has 1 unspecified atom stereocenters. The van der Waals surface area contributed by atoms with E-state index in [-0.39, 0.29) is 11.8 Å². The predicted octanol–water partition coefficient (Wildman–Crippen LogP) is 1.92. The monoisotopic (exact) mass is 265 g/mol. The summed E-state index contributed by atoms with van der Waals surface area (Å²) in [5, 5.41) is 6.06. The number of carbonyl (C=O) groups is 1. The Kier molecular flexibility index (Phi) is 6.89. The standard InChI is InChI=1S/C14H23N3O2/c1-4-7-15-13-12(6-5-8-16-13)14(18)17-9-11(2)10-19-3/h5-6,8,11H,4,7,9-10H2,1-3H3,(H,15,16)(H,17,18). The summed E-state index contributed by atoms with van der Waals surface area (Å²) in [5.74, 6) is 0.827. The number of carbonyl (C=O) groups excluding carboxylic acids is 1. The molecule has 1 aromatic rings. The Morgan fingerprint density at radius 2 is 2.32 bits per heavy atom. The van der Waals surface area contributed by atoms with Crippen molar-refractivity contribution in [2.75, 3.05) is 32.1 Å². The molecular formula is C14H23N3O2. The highest BCUT2D eigenvalue weighted by molar-refractivity contribution is 5.98. The number of aromatic nitrogens is 1. The number of anilines is 1. The van der Waals surface area contributed by atoms with Crippen LogP contribution in [0, 0.1) is 5.92 Å². The first-order chi connectivity index (χ1) is 9.19. The molecule has 1 amide bonds. The minimum Gasteiger partial charge on any atom is -0.384 e. The van der Waals surface area contributed by atoms with Gasteiger partial charge in [-0.1, -0.05) is 13.8 Å². The van der Waals surface area contributed by atoms with E-state index in [1.54, 1.807) is 25.4 Å². The Hall–Kier alpha value is -1.62. The van der Waals surface area contributed by atoms with Gasteiger partial charge in [-0.25, -0.2) is 4.98 Å². The highest BCUT2D eigenvalue weighted by Crippen LogP contribution is 2.11. The average molecular weight is 265 g/mol. The lowest BCUT2D eigenvalue weighted by molar-refractivity contribution is 0.0934. The Morgan fingerprint density at radius 1 is 1.53 bits per heavy atom. The van der Waals surface area contributed by atoms with E-state index in [1.165, 1.54) is 0 Å². The number of nitrogens with zero attached hydrogens (tertiary/aromatic N) is 1. The number of hydrogen-bond acceptors (Lipinski definition) is 4. The first-order valence-electron chi connectivity index (χ1n) is 6.65. The second-order valence-electron chi connectivity index (χ2n) is 4.60. The number of nitrogens with one attached hydrogen (secondary N) is 2. The highest BCUT2D eigenvalue weighted by atomic mass is 16.5. The normalized spacial score (nSPS) is 11.9. The lowest BCUT2D eigenvalue weighted by atomic mass is 10.2. The van der Waals surface area contributed by atoms with Crippen molar-refractivity contribution in [2.24, 2.45) is 5.92 Å². The zero-order chi connectivity index (χ0) is 14.1. The number of hydrogen-bond donors (Lipinski definition) is 2. The number of amides is 1. The molecule has 0 fully saturated rings. The van der Waals surface area contributed by atoms with Gasteiger partial charge in [0.2, 0.25) is 0 Å². The minimum atomic E-state index is -0.102. The van der Waals surface area contributed by atoms with Crippen molar-refractivity contribution in [1.82, 2.24) is 10.3 Å². The van der Waals surface area contributed by atoms with E-state index < -0.39 is 0 Å². The lowest BCUT2D eigenvalue weighted by Gasteiger charge is -2.13. The molecule has 19 heavy (non-hydrogen) atoms. The fourth-order valence-electron chi connectivity index (χ4n) is 1.68. The van der Waals surface area contributed by atoms with E-state index in [9.17, 15) is 4.79 Å². The van der Waals surface area contributed by atoms with E-state index in [1.807, 2.05) is 6.92 Å². The number of pyridine rings is 1. The first-order valence-corrected chi connectivity index (χ1v) is 6.65. The van der Waals surface area contributed by atoms with Crippen LogP contribution >= 0.6 is 0 Å². The topological polar surface area (TPSA) is 63.2 Å². The van der Waals surface area contributed by atoms with Gasteiger partial charge < -0.3 is 15.4 Å². The maximum absolute atomic E-state index is 12.1. The van der Waals surface area contributed by atoms with E-state index in [2.05, 4.69) is 22.5 Å². The Labute approximate surface area is 114 Å². The van der Waals surface area contributed by atoms with Crippen molar-refractivity contribution in [2.45, 2.75) is 20.3 Å². The van der Waals surface area contributed by atoms with Gasteiger partial charge in [-0.2, -0.15) is 0 Å². The van der Waals surface area contributed by atoms with E-state index in [0.29, 0.717) is 24.5 Å². The van der Waals surface area contributed by atoms with Crippen LogP contribution < -0.4 is 10.6 Å². The quantitative estimate of drug-likeness (QED) is 0.753. The second kappa shape index (κ2) is 8.48. The van der Waals surface area contributed by atoms with Crippen LogP contribution in [0.25, 0.3) is 0 Å². The second-order valence-corrected chi connectivity index (χ2v) is 4.60. The third-order valence-electron chi connectivity index (χ3n) is 2.66. The summed E-state index contributed by atoms with van der Waals surface area (Å²) in [4.78, 5) is 16.3. The van der Waals surface area contributed by atoms with Crippen LogP contribution in [-0.2, 0) is 4.74 Å². The fourth-order valence-corrected chi connectivity index (χ4v) is 1.68. The summed E-state index contributed by atoms with van der Waals surface area (Å²) in [5.41, 5.74) is 0.584. The number of methoxy groups -OCH3 is 1. The molecule has 0 bridgehead atoms. The smallest absolute Gasteiger partial charge is 0.255 e. The minimum absolute atomic E-state index is 0.102. The van der Waals surface area contributed by atoms with Gasteiger partial charge in [-0.05, 0) is 24.5 Å². The van der Waals surface area contributed by atoms with Crippen molar-refractivity contribution < 1.29 is 9.53 Å². The molecule has 0 radical (unpaired) electrons. The maximum Gasteiger partial charge on any atom is 0.255 e. The molecule has 0 saturated heterocycles.